The van der Waals surface area contributed by atoms with Gasteiger partial charge in [0.05, 0.1) is 12.6 Å². The van der Waals surface area contributed by atoms with Gasteiger partial charge in [0.15, 0.2) is 5.78 Å². The maximum absolute atomic E-state index is 13.8. The summed E-state index contributed by atoms with van der Waals surface area (Å²) in [6.45, 7) is 4.78. The van der Waals surface area contributed by atoms with Crippen molar-refractivity contribution in [2.24, 2.45) is 0 Å². The molecule has 2 aliphatic heterocycles. The third-order valence-corrected chi connectivity index (χ3v) is 8.10. The second kappa shape index (κ2) is 10.4. The van der Waals surface area contributed by atoms with Crippen molar-refractivity contribution in [3.8, 4) is 0 Å². The number of carbonyl (C=O) groups excluding carboxylic acids is 2. The molecular formula is C30H36N4O2. The van der Waals surface area contributed by atoms with Gasteiger partial charge in [-0.2, -0.15) is 0 Å². The predicted octanol–water partition coefficient (Wildman–Crippen LogP) is 4.93. The number of para-hydroxylation sites is 1. The van der Waals surface area contributed by atoms with Crippen LogP contribution in [0.3, 0.4) is 0 Å². The van der Waals surface area contributed by atoms with Crippen LogP contribution in [0.15, 0.2) is 54.7 Å². The van der Waals surface area contributed by atoms with Crippen molar-refractivity contribution >= 4 is 34.0 Å². The Morgan fingerprint density at radius 1 is 1.03 bits per heavy atom. The van der Waals surface area contributed by atoms with Crippen molar-refractivity contribution in [3.63, 3.8) is 0 Å². The number of ketones is 1. The summed E-state index contributed by atoms with van der Waals surface area (Å²) in [5.41, 5.74) is 9.13. The van der Waals surface area contributed by atoms with E-state index >= 15 is 0 Å². The highest BCUT2D eigenvalue weighted by Gasteiger charge is 2.37. The second-order valence-electron chi connectivity index (χ2n) is 10.5. The summed E-state index contributed by atoms with van der Waals surface area (Å²) in [6, 6.07) is 16.4. The molecule has 6 nitrogen and oxygen atoms in total. The van der Waals surface area contributed by atoms with E-state index in [4.69, 9.17) is 5.73 Å². The number of benzene rings is 2. The molecule has 2 N–H and O–H groups in total. The SMILES string of the molecule is C[C@@H]1CCC[C@H](C)N1CC(=O)N1c2ccccc2CC[C@H]1C(=O)CCc1ccc2c(N)nccc2c1. The molecule has 3 heterocycles. The van der Waals surface area contributed by atoms with Gasteiger partial charge in [-0.1, -0.05) is 42.8 Å². The number of hydrogen-bond donors (Lipinski definition) is 1. The van der Waals surface area contributed by atoms with Crippen molar-refractivity contribution in [2.45, 2.75) is 76.9 Å². The van der Waals surface area contributed by atoms with Crippen LogP contribution >= 0.6 is 0 Å². The number of nitrogens with zero attached hydrogens (tertiary/aromatic N) is 3. The van der Waals surface area contributed by atoms with E-state index in [2.05, 4.69) is 35.9 Å². The zero-order valence-corrected chi connectivity index (χ0v) is 21.3. The highest BCUT2D eigenvalue weighted by Crippen LogP contribution is 2.33. The topological polar surface area (TPSA) is 79.5 Å². The fraction of sp³-hybridized carbons (Fsp3) is 0.433. The second-order valence-corrected chi connectivity index (χ2v) is 10.5. The lowest BCUT2D eigenvalue weighted by Gasteiger charge is -2.42. The largest absolute Gasteiger partial charge is 0.383 e. The maximum Gasteiger partial charge on any atom is 0.241 e. The van der Waals surface area contributed by atoms with E-state index in [1.54, 1.807) is 6.20 Å². The summed E-state index contributed by atoms with van der Waals surface area (Å²) >= 11 is 0. The lowest BCUT2D eigenvalue weighted by molar-refractivity contribution is -0.126. The smallest absolute Gasteiger partial charge is 0.241 e. The molecule has 6 heteroatoms. The lowest BCUT2D eigenvalue weighted by atomic mass is 9.90. The minimum Gasteiger partial charge on any atom is -0.383 e. The van der Waals surface area contributed by atoms with Gasteiger partial charge in [-0.05, 0) is 74.6 Å². The van der Waals surface area contributed by atoms with Crippen molar-refractivity contribution in [3.05, 3.63) is 65.9 Å². The number of aromatic nitrogens is 1. The van der Waals surface area contributed by atoms with Crippen molar-refractivity contribution in [1.82, 2.24) is 9.88 Å². The first kappa shape index (κ1) is 24.4. The van der Waals surface area contributed by atoms with Crippen LogP contribution in [-0.4, -0.2) is 46.2 Å². The highest BCUT2D eigenvalue weighted by molar-refractivity contribution is 6.03. The third-order valence-electron chi connectivity index (χ3n) is 8.10. The molecule has 0 saturated carbocycles. The summed E-state index contributed by atoms with van der Waals surface area (Å²) in [7, 11) is 0. The number of nitrogens with two attached hydrogens (primary N) is 1. The molecular weight excluding hydrogens is 448 g/mol. The fourth-order valence-electron chi connectivity index (χ4n) is 6.02. The van der Waals surface area contributed by atoms with Gasteiger partial charge in [0, 0.05) is 35.8 Å². The molecule has 3 atom stereocenters. The molecule has 0 aliphatic carbocycles. The number of carbonyl (C=O) groups is 2. The first-order chi connectivity index (χ1) is 17.4. The first-order valence-corrected chi connectivity index (χ1v) is 13.2. The Balaban J connectivity index is 1.35. The Bertz CT molecular complexity index is 1260. The lowest BCUT2D eigenvalue weighted by Crippen LogP contribution is -2.54. The number of pyridine rings is 1. The Hall–Kier alpha value is -3.25. The summed E-state index contributed by atoms with van der Waals surface area (Å²) in [5, 5.41) is 1.95. The highest BCUT2D eigenvalue weighted by atomic mass is 16.2. The number of hydrogen-bond acceptors (Lipinski definition) is 5. The van der Waals surface area contributed by atoms with Gasteiger partial charge in [-0.25, -0.2) is 4.98 Å². The Morgan fingerprint density at radius 2 is 1.81 bits per heavy atom. The molecule has 36 heavy (non-hydrogen) atoms. The Morgan fingerprint density at radius 3 is 2.61 bits per heavy atom. The van der Waals surface area contributed by atoms with E-state index in [1.807, 2.05) is 41.3 Å². The molecule has 0 bridgehead atoms. The van der Waals surface area contributed by atoms with Crippen LogP contribution in [0.1, 0.15) is 57.1 Å². The van der Waals surface area contributed by atoms with Crippen LogP contribution in [0, 0.1) is 0 Å². The number of likely N-dealkylation sites (tertiary alicyclic amines) is 1. The monoisotopic (exact) mass is 484 g/mol. The zero-order valence-electron chi connectivity index (χ0n) is 21.3. The molecule has 2 aromatic carbocycles. The van der Waals surface area contributed by atoms with E-state index in [0.717, 1.165) is 46.8 Å². The average Bonchev–Trinajstić information content (AvgIpc) is 2.88. The van der Waals surface area contributed by atoms with Gasteiger partial charge in [0.1, 0.15) is 5.82 Å². The fourth-order valence-corrected chi connectivity index (χ4v) is 6.02. The number of amides is 1. The minimum atomic E-state index is -0.414. The quantitative estimate of drug-likeness (QED) is 0.537. The summed E-state index contributed by atoms with van der Waals surface area (Å²) < 4.78 is 0. The Kier molecular flexibility index (Phi) is 7.06. The van der Waals surface area contributed by atoms with Crippen LogP contribution in [-0.2, 0) is 22.4 Å². The van der Waals surface area contributed by atoms with Crippen LogP contribution in [0.2, 0.25) is 0 Å². The third kappa shape index (κ3) is 4.87. The molecule has 1 saturated heterocycles. The van der Waals surface area contributed by atoms with Crippen LogP contribution in [0.5, 0.6) is 0 Å². The molecule has 0 radical (unpaired) electrons. The molecule has 1 fully saturated rings. The van der Waals surface area contributed by atoms with Crippen LogP contribution in [0.25, 0.3) is 10.8 Å². The summed E-state index contributed by atoms with van der Waals surface area (Å²) in [5.74, 6) is 0.684. The van der Waals surface area contributed by atoms with Crippen molar-refractivity contribution in [2.75, 3.05) is 17.2 Å². The van der Waals surface area contributed by atoms with Gasteiger partial charge in [-0.3, -0.25) is 14.5 Å². The van der Waals surface area contributed by atoms with Crippen molar-refractivity contribution < 1.29 is 9.59 Å². The molecule has 0 spiro atoms. The number of fused-ring (bicyclic) bond motifs is 2. The van der Waals surface area contributed by atoms with E-state index in [-0.39, 0.29) is 11.7 Å². The van der Waals surface area contributed by atoms with E-state index in [0.29, 0.717) is 43.7 Å². The summed E-state index contributed by atoms with van der Waals surface area (Å²) in [6.07, 6.45) is 7.67. The number of anilines is 2. The zero-order chi connectivity index (χ0) is 25.2. The van der Waals surface area contributed by atoms with Gasteiger partial charge in [0.2, 0.25) is 5.91 Å². The van der Waals surface area contributed by atoms with Gasteiger partial charge in [-0.15, -0.1) is 0 Å². The predicted molar refractivity (Wildman–Crippen MR) is 145 cm³/mol. The van der Waals surface area contributed by atoms with Gasteiger partial charge < -0.3 is 10.6 Å². The molecule has 2 aliphatic rings. The standard InChI is InChI=1S/C30H36N4O2/c1-20-6-5-7-21(2)33(20)19-29(36)34-26-9-4-3-8-23(26)12-14-27(34)28(35)15-11-22-10-13-25-24(18-22)16-17-32-30(25)31/h3-4,8-10,13,16-18,20-21,27H,5-7,11-12,14-15,19H2,1-2H3,(H2,31,32)/t20-,21+,27-/m0/s1. The number of Topliss-reactive ketones (excluding diaryl/α,β-unsaturated/α-hetero) is 1. The van der Waals surface area contributed by atoms with Gasteiger partial charge in [0.25, 0.3) is 0 Å². The number of aryl methyl sites for hydroxylation is 2. The minimum absolute atomic E-state index is 0.0368. The summed E-state index contributed by atoms with van der Waals surface area (Å²) in [4.78, 5) is 35.7. The number of rotatable bonds is 6. The number of piperidine rings is 1. The Labute approximate surface area is 213 Å². The van der Waals surface area contributed by atoms with E-state index in [1.165, 1.54) is 6.42 Å². The molecule has 5 rings (SSSR count). The molecule has 1 aromatic heterocycles. The average molecular weight is 485 g/mol. The molecule has 3 aromatic rings. The van der Waals surface area contributed by atoms with E-state index < -0.39 is 6.04 Å². The normalized spacial score (nSPS) is 22.4. The van der Waals surface area contributed by atoms with Crippen LogP contribution < -0.4 is 10.6 Å². The number of nitrogen functional groups attached to an aromatic ring is 1. The molecule has 1 amide bonds. The van der Waals surface area contributed by atoms with Crippen LogP contribution in [0.4, 0.5) is 11.5 Å². The molecule has 0 unspecified atom stereocenters. The van der Waals surface area contributed by atoms with E-state index in [9.17, 15) is 9.59 Å². The van der Waals surface area contributed by atoms with Crippen molar-refractivity contribution in [1.29, 1.82) is 0 Å². The first-order valence-electron chi connectivity index (χ1n) is 13.2. The maximum atomic E-state index is 13.8. The van der Waals surface area contributed by atoms with Gasteiger partial charge >= 0.3 is 0 Å². The molecule has 188 valence electrons.